The maximum atomic E-state index is 5.35. The van der Waals surface area contributed by atoms with E-state index in [2.05, 4.69) is 44.6 Å². The van der Waals surface area contributed by atoms with Gasteiger partial charge in [-0.2, -0.15) is 0 Å². The number of rotatable bonds is 9. The van der Waals surface area contributed by atoms with E-state index in [0.29, 0.717) is 0 Å². The summed E-state index contributed by atoms with van der Waals surface area (Å²) in [6.07, 6.45) is 8.12. The number of aromatic nitrogens is 1. The summed E-state index contributed by atoms with van der Waals surface area (Å²) in [6.45, 7) is 4.85. The van der Waals surface area contributed by atoms with Gasteiger partial charge in [0.25, 0.3) is 0 Å². The third kappa shape index (κ3) is 8.12. The molecule has 0 saturated heterocycles. The quantitative estimate of drug-likeness (QED) is 0.228. The molecule has 1 aromatic rings. The monoisotopic (exact) mass is 523 g/mol. The molecule has 1 aliphatic carbocycles. The molecule has 1 N–H and O–H groups in total. The van der Waals surface area contributed by atoms with Gasteiger partial charge in [-0.15, -0.1) is 35.3 Å². The van der Waals surface area contributed by atoms with Crippen LogP contribution in [-0.4, -0.2) is 68.1 Å². The molecule has 6 nitrogen and oxygen atoms in total. The maximum Gasteiger partial charge on any atom is 0.193 e. The Bertz CT molecular complexity index is 577. The highest BCUT2D eigenvalue weighted by Crippen LogP contribution is 2.22. The Morgan fingerprint density at radius 3 is 2.71 bits per heavy atom. The number of guanidine groups is 1. The van der Waals surface area contributed by atoms with Crippen molar-refractivity contribution >= 4 is 41.3 Å². The largest absolute Gasteiger partial charge is 0.375 e. The van der Waals surface area contributed by atoms with Crippen LogP contribution in [0.15, 0.2) is 10.4 Å². The van der Waals surface area contributed by atoms with Gasteiger partial charge >= 0.3 is 0 Å². The van der Waals surface area contributed by atoms with Crippen LogP contribution in [0.4, 0.5) is 0 Å². The van der Waals surface area contributed by atoms with Crippen molar-refractivity contribution in [3.63, 3.8) is 0 Å². The van der Waals surface area contributed by atoms with Crippen LogP contribution in [0.3, 0.4) is 0 Å². The normalized spacial score (nSPS) is 16.7. The summed E-state index contributed by atoms with van der Waals surface area (Å²) >= 11 is 1.65. The molecule has 1 fully saturated rings. The molecule has 0 aromatic carbocycles. The second-order valence-corrected chi connectivity index (χ2v) is 8.40. The Morgan fingerprint density at radius 1 is 1.36 bits per heavy atom. The van der Waals surface area contributed by atoms with Gasteiger partial charge in [-0.05, 0) is 39.8 Å². The lowest BCUT2D eigenvalue weighted by atomic mass is 9.94. The molecule has 0 amide bonds. The Morgan fingerprint density at radius 2 is 2.07 bits per heavy atom. The van der Waals surface area contributed by atoms with Crippen molar-refractivity contribution in [2.45, 2.75) is 64.1 Å². The van der Waals surface area contributed by atoms with Crippen molar-refractivity contribution < 1.29 is 4.74 Å². The molecule has 28 heavy (non-hydrogen) atoms. The minimum absolute atomic E-state index is 0. The number of ether oxygens (including phenoxy) is 1. The van der Waals surface area contributed by atoms with E-state index in [1.165, 1.54) is 32.1 Å². The average Bonchev–Trinajstić information content (AvgIpc) is 3.16. The van der Waals surface area contributed by atoms with Gasteiger partial charge in [0.1, 0.15) is 11.1 Å². The molecule has 1 heterocycles. The fourth-order valence-electron chi connectivity index (χ4n) is 3.62. The number of nitrogens with one attached hydrogen (secondary N) is 1. The third-order valence-electron chi connectivity index (χ3n) is 5.41. The molecular weight excluding hydrogens is 485 g/mol. The number of methoxy groups -OCH3 is 1. The van der Waals surface area contributed by atoms with Crippen molar-refractivity contribution in [3.05, 3.63) is 16.1 Å². The van der Waals surface area contributed by atoms with E-state index in [1.54, 1.807) is 18.4 Å². The molecule has 8 heteroatoms. The lowest BCUT2D eigenvalue weighted by Gasteiger charge is -2.31. The molecule has 0 aliphatic heterocycles. The molecule has 1 aromatic heterocycles. The van der Waals surface area contributed by atoms with Gasteiger partial charge in [0.2, 0.25) is 0 Å². The van der Waals surface area contributed by atoms with Crippen LogP contribution < -0.4 is 5.32 Å². The van der Waals surface area contributed by atoms with Crippen molar-refractivity contribution in [1.82, 2.24) is 20.1 Å². The van der Waals surface area contributed by atoms with Crippen LogP contribution in [0.2, 0.25) is 0 Å². The van der Waals surface area contributed by atoms with Gasteiger partial charge < -0.3 is 19.9 Å². The van der Waals surface area contributed by atoms with Gasteiger partial charge in [-0.1, -0.05) is 19.3 Å². The smallest absolute Gasteiger partial charge is 0.193 e. The summed E-state index contributed by atoms with van der Waals surface area (Å²) in [5.74, 6) is 0.921. The molecule has 1 atom stereocenters. The highest BCUT2D eigenvalue weighted by molar-refractivity contribution is 14.0. The highest BCUT2D eigenvalue weighted by Gasteiger charge is 2.17. The summed E-state index contributed by atoms with van der Waals surface area (Å²) in [7, 11) is 7.89. The number of nitrogens with zero attached hydrogens (tertiary/aromatic N) is 4. The Hall–Kier alpha value is -0.450. The van der Waals surface area contributed by atoms with E-state index in [9.17, 15) is 0 Å². The zero-order chi connectivity index (χ0) is 19.6. The SMILES string of the molecule is CN=C(NCCCN(C)C1CCCCC1)N(C)Cc1csc(C(C)OC)n1.I. The average molecular weight is 524 g/mol. The minimum atomic E-state index is 0. The molecular formula is C20H38IN5OS. The lowest BCUT2D eigenvalue weighted by molar-refractivity contribution is 0.119. The van der Waals surface area contributed by atoms with Gasteiger partial charge in [0.05, 0.1) is 12.2 Å². The zero-order valence-electron chi connectivity index (χ0n) is 18.1. The highest BCUT2D eigenvalue weighted by atomic mass is 127. The van der Waals surface area contributed by atoms with Gasteiger partial charge in [-0.25, -0.2) is 4.98 Å². The van der Waals surface area contributed by atoms with Crippen molar-refractivity contribution in [2.75, 3.05) is 41.3 Å². The number of thiazole rings is 1. The fraction of sp³-hybridized carbons (Fsp3) is 0.800. The second kappa shape index (κ2) is 13.7. The topological polar surface area (TPSA) is 53.0 Å². The molecule has 1 saturated carbocycles. The van der Waals surface area contributed by atoms with E-state index in [1.807, 2.05) is 14.0 Å². The maximum absolute atomic E-state index is 5.35. The Labute approximate surface area is 192 Å². The van der Waals surface area contributed by atoms with Gasteiger partial charge in [0, 0.05) is 39.2 Å². The fourth-order valence-corrected chi connectivity index (χ4v) is 4.46. The van der Waals surface area contributed by atoms with Crippen molar-refractivity contribution in [1.29, 1.82) is 0 Å². The van der Waals surface area contributed by atoms with Gasteiger partial charge in [0.15, 0.2) is 5.96 Å². The van der Waals surface area contributed by atoms with Crippen LogP contribution in [0, 0.1) is 0 Å². The predicted molar refractivity (Wildman–Crippen MR) is 130 cm³/mol. The number of aliphatic imine (C=N–C) groups is 1. The van der Waals surface area contributed by atoms with E-state index >= 15 is 0 Å². The first-order chi connectivity index (χ1) is 13.0. The first-order valence-electron chi connectivity index (χ1n) is 10.1. The van der Waals surface area contributed by atoms with Crippen LogP contribution in [0.5, 0.6) is 0 Å². The second-order valence-electron chi connectivity index (χ2n) is 7.51. The molecule has 1 unspecified atom stereocenters. The molecule has 0 radical (unpaired) electrons. The Kier molecular flexibility index (Phi) is 12.5. The summed E-state index contributed by atoms with van der Waals surface area (Å²) < 4.78 is 5.35. The summed E-state index contributed by atoms with van der Waals surface area (Å²) in [5, 5.41) is 6.62. The van der Waals surface area contributed by atoms with Crippen LogP contribution in [-0.2, 0) is 11.3 Å². The number of hydrogen-bond donors (Lipinski definition) is 1. The van der Waals surface area contributed by atoms with E-state index in [0.717, 1.165) is 48.8 Å². The van der Waals surface area contributed by atoms with Crippen molar-refractivity contribution in [3.8, 4) is 0 Å². The van der Waals surface area contributed by atoms with E-state index in [4.69, 9.17) is 4.74 Å². The molecule has 1 aliphatic rings. The third-order valence-corrected chi connectivity index (χ3v) is 6.47. The molecule has 162 valence electrons. The summed E-state index contributed by atoms with van der Waals surface area (Å²) in [6, 6.07) is 0.786. The van der Waals surface area contributed by atoms with Crippen LogP contribution in [0.25, 0.3) is 0 Å². The number of halogens is 1. The molecule has 0 bridgehead atoms. The van der Waals surface area contributed by atoms with Gasteiger partial charge in [-0.3, -0.25) is 4.99 Å². The predicted octanol–water partition coefficient (Wildman–Crippen LogP) is 4.13. The number of hydrogen-bond acceptors (Lipinski definition) is 5. The summed E-state index contributed by atoms with van der Waals surface area (Å²) in [4.78, 5) is 13.8. The van der Waals surface area contributed by atoms with E-state index < -0.39 is 0 Å². The Balaban J connectivity index is 0.00000392. The van der Waals surface area contributed by atoms with Crippen molar-refractivity contribution in [2.24, 2.45) is 4.99 Å². The first-order valence-corrected chi connectivity index (χ1v) is 11.0. The summed E-state index contributed by atoms with van der Waals surface area (Å²) in [5.41, 5.74) is 1.06. The van der Waals surface area contributed by atoms with Crippen LogP contribution >= 0.6 is 35.3 Å². The molecule has 2 rings (SSSR count). The zero-order valence-corrected chi connectivity index (χ0v) is 21.3. The minimum Gasteiger partial charge on any atom is -0.375 e. The molecule has 0 spiro atoms. The standard InChI is InChI=1S/C20H37N5OS.HI/c1-16(26-5)19-23-17(15-27-19)14-25(4)20(21-2)22-12-9-13-24(3)18-10-7-6-8-11-18;/h15-16,18H,6-14H2,1-5H3,(H,21,22);1H. The first kappa shape index (κ1) is 25.6. The lowest BCUT2D eigenvalue weighted by Crippen LogP contribution is -2.40. The van der Waals surface area contributed by atoms with E-state index in [-0.39, 0.29) is 30.1 Å². The van der Waals surface area contributed by atoms with Crippen LogP contribution in [0.1, 0.15) is 62.3 Å².